The van der Waals surface area contributed by atoms with Gasteiger partial charge in [0.15, 0.2) is 0 Å². The maximum atomic E-state index is 12.2. The Morgan fingerprint density at radius 1 is 1.26 bits per heavy atom. The van der Waals surface area contributed by atoms with Crippen LogP contribution in [0.25, 0.3) is 0 Å². The van der Waals surface area contributed by atoms with Crippen molar-refractivity contribution in [3.8, 4) is 0 Å². The van der Waals surface area contributed by atoms with Gasteiger partial charge in [-0.05, 0) is 44.7 Å². The average Bonchev–Trinajstić information content (AvgIpc) is 2.88. The minimum atomic E-state index is -0.279. The first kappa shape index (κ1) is 14.8. The molecule has 2 unspecified atom stereocenters. The molecule has 2 heterocycles. The Morgan fingerprint density at radius 2 is 2.00 bits per heavy atom. The van der Waals surface area contributed by atoms with Gasteiger partial charge < -0.3 is 15.5 Å². The van der Waals surface area contributed by atoms with Gasteiger partial charge in [-0.25, -0.2) is 0 Å². The number of carbonyl (C=O) groups excluding carboxylic acids is 1. The molecule has 4 nitrogen and oxygen atoms in total. The number of amides is 1. The van der Waals surface area contributed by atoms with Crippen molar-refractivity contribution in [2.75, 3.05) is 32.7 Å². The highest BCUT2D eigenvalue weighted by atomic mass is 16.2. The van der Waals surface area contributed by atoms with E-state index in [2.05, 4.69) is 11.8 Å². The van der Waals surface area contributed by atoms with Gasteiger partial charge in [-0.3, -0.25) is 4.79 Å². The van der Waals surface area contributed by atoms with E-state index in [-0.39, 0.29) is 11.9 Å². The predicted octanol–water partition coefficient (Wildman–Crippen LogP) is 1.45. The maximum absolute atomic E-state index is 12.2. The number of piperidine rings is 1. The summed E-state index contributed by atoms with van der Waals surface area (Å²) in [5, 5.41) is 0. The van der Waals surface area contributed by atoms with Crippen molar-refractivity contribution in [2.24, 2.45) is 11.7 Å². The first-order valence-electron chi connectivity index (χ1n) is 7.97. The first-order chi connectivity index (χ1) is 9.20. The second kappa shape index (κ2) is 7.25. The Kier molecular flexibility index (Phi) is 5.64. The van der Waals surface area contributed by atoms with Crippen LogP contribution in [0.3, 0.4) is 0 Å². The summed E-state index contributed by atoms with van der Waals surface area (Å²) < 4.78 is 0. The summed E-state index contributed by atoms with van der Waals surface area (Å²) in [6.45, 7) is 7.59. The molecule has 2 atom stereocenters. The summed E-state index contributed by atoms with van der Waals surface area (Å²) in [4.78, 5) is 16.7. The van der Waals surface area contributed by atoms with Crippen molar-refractivity contribution in [3.05, 3.63) is 0 Å². The zero-order valence-electron chi connectivity index (χ0n) is 12.3. The zero-order valence-corrected chi connectivity index (χ0v) is 12.3. The zero-order chi connectivity index (χ0) is 13.7. The van der Waals surface area contributed by atoms with Gasteiger partial charge >= 0.3 is 0 Å². The van der Waals surface area contributed by atoms with Crippen LogP contribution in [0, 0.1) is 5.92 Å². The molecule has 0 aromatic heterocycles. The van der Waals surface area contributed by atoms with E-state index in [1.165, 1.54) is 38.9 Å². The van der Waals surface area contributed by atoms with Gasteiger partial charge in [0.25, 0.3) is 0 Å². The first-order valence-corrected chi connectivity index (χ1v) is 7.97. The lowest BCUT2D eigenvalue weighted by molar-refractivity contribution is -0.131. The van der Waals surface area contributed by atoms with E-state index in [0.717, 1.165) is 32.4 Å². The number of nitrogens with two attached hydrogens (primary N) is 1. The van der Waals surface area contributed by atoms with Crippen LogP contribution < -0.4 is 5.73 Å². The molecule has 1 amide bonds. The third-order valence-corrected chi connectivity index (χ3v) is 4.48. The standard InChI is InChI=1S/C15H29N3O/c1-2-6-14(16)15(19)18-10-7-13(12-18)11-17-8-4-3-5-9-17/h13-14H,2-12,16H2,1H3. The highest BCUT2D eigenvalue weighted by Crippen LogP contribution is 2.20. The minimum absolute atomic E-state index is 0.169. The van der Waals surface area contributed by atoms with Crippen molar-refractivity contribution < 1.29 is 4.79 Å². The molecular weight excluding hydrogens is 238 g/mol. The fraction of sp³-hybridized carbons (Fsp3) is 0.933. The lowest BCUT2D eigenvalue weighted by atomic mass is 10.1. The van der Waals surface area contributed by atoms with E-state index in [0.29, 0.717) is 5.92 Å². The Hall–Kier alpha value is -0.610. The molecule has 2 aliphatic rings. The number of rotatable bonds is 5. The SMILES string of the molecule is CCCC(N)C(=O)N1CCC(CN2CCCCC2)C1. The molecule has 2 fully saturated rings. The van der Waals surface area contributed by atoms with Gasteiger partial charge in [-0.1, -0.05) is 19.8 Å². The molecule has 110 valence electrons. The Labute approximate surface area is 117 Å². The van der Waals surface area contributed by atoms with Crippen LogP contribution in [0.4, 0.5) is 0 Å². The third-order valence-electron chi connectivity index (χ3n) is 4.48. The highest BCUT2D eigenvalue weighted by molar-refractivity contribution is 5.81. The molecular formula is C15H29N3O. The number of hydrogen-bond donors (Lipinski definition) is 1. The molecule has 2 saturated heterocycles. The van der Waals surface area contributed by atoms with E-state index < -0.39 is 0 Å². The van der Waals surface area contributed by atoms with Crippen molar-refractivity contribution in [2.45, 2.75) is 51.5 Å². The van der Waals surface area contributed by atoms with Gasteiger partial charge in [0.2, 0.25) is 5.91 Å². The summed E-state index contributed by atoms with van der Waals surface area (Å²) in [6.07, 6.45) is 7.02. The second-order valence-electron chi connectivity index (χ2n) is 6.20. The Morgan fingerprint density at radius 3 is 2.68 bits per heavy atom. The minimum Gasteiger partial charge on any atom is -0.341 e. The molecule has 2 N–H and O–H groups in total. The average molecular weight is 267 g/mol. The second-order valence-corrected chi connectivity index (χ2v) is 6.20. The summed E-state index contributed by atoms with van der Waals surface area (Å²) in [6, 6.07) is -0.279. The van der Waals surface area contributed by atoms with E-state index in [1.54, 1.807) is 0 Å². The number of likely N-dealkylation sites (tertiary alicyclic amines) is 2. The highest BCUT2D eigenvalue weighted by Gasteiger charge is 2.30. The van der Waals surface area contributed by atoms with Crippen molar-refractivity contribution >= 4 is 5.91 Å². The number of carbonyl (C=O) groups is 1. The molecule has 0 aromatic carbocycles. The molecule has 0 spiro atoms. The molecule has 2 aliphatic heterocycles. The van der Waals surface area contributed by atoms with E-state index in [9.17, 15) is 4.79 Å². The quantitative estimate of drug-likeness (QED) is 0.820. The smallest absolute Gasteiger partial charge is 0.239 e. The fourth-order valence-corrected chi connectivity index (χ4v) is 3.36. The van der Waals surface area contributed by atoms with Gasteiger partial charge in [0, 0.05) is 19.6 Å². The number of hydrogen-bond acceptors (Lipinski definition) is 3. The van der Waals surface area contributed by atoms with Gasteiger partial charge in [-0.2, -0.15) is 0 Å². The van der Waals surface area contributed by atoms with Crippen molar-refractivity contribution in [3.63, 3.8) is 0 Å². The van der Waals surface area contributed by atoms with E-state index in [4.69, 9.17) is 5.73 Å². The van der Waals surface area contributed by atoms with E-state index in [1.807, 2.05) is 4.90 Å². The van der Waals surface area contributed by atoms with Crippen LogP contribution in [0.1, 0.15) is 45.4 Å². The predicted molar refractivity (Wildman–Crippen MR) is 77.9 cm³/mol. The normalized spacial score (nSPS) is 26.6. The monoisotopic (exact) mass is 267 g/mol. The van der Waals surface area contributed by atoms with E-state index >= 15 is 0 Å². The molecule has 0 aliphatic carbocycles. The molecule has 19 heavy (non-hydrogen) atoms. The van der Waals surface area contributed by atoms with Gasteiger partial charge in [0.1, 0.15) is 0 Å². The number of nitrogens with zero attached hydrogens (tertiary/aromatic N) is 2. The maximum Gasteiger partial charge on any atom is 0.239 e. The summed E-state index contributed by atoms with van der Waals surface area (Å²) in [5.74, 6) is 0.832. The van der Waals surface area contributed by atoms with Gasteiger partial charge in [0.05, 0.1) is 6.04 Å². The van der Waals surface area contributed by atoms with Crippen LogP contribution in [-0.4, -0.2) is 54.5 Å². The van der Waals surface area contributed by atoms with Crippen LogP contribution in [0.2, 0.25) is 0 Å². The van der Waals surface area contributed by atoms with Crippen LogP contribution in [-0.2, 0) is 4.79 Å². The topological polar surface area (TPSA) is 49.6 Å². The summed E-state index contributed by atoms with van der Waals surface area (Å²) in [5.41, 5.74) is 5.94. The summed E-state index contributed by atoms with van der Waals surface area (Å²) >= 11 is 0. The largest absolute Gasteiger partial charge is 0.341 e. The summed E-state index contributed by atoms with van der Waals surface area (Å²) in [7, 11) is 0. The van der Waals surface area contributed by atoms with Crippen LogP contribution in [0.15, 0.2) is 0 Å². The van der Waals surface area contributed by atoms with Crippen LogP contribution in [0.5, 0.6) is 0 Å². The lowest BCUT2D eigenvalue weighted by Crippen LogP contribution is -2.43. The molecule has 0 aromatic rings. The molecule has 0 bridgehead atoms. The Balaban J connectivity index is 1.74. The lowest BCUT2D eigenvalue weighted by Gasteiger charge is -2.29. The molecule has 0 saturated carbocycles. The van der Waals surface area contributed by atoms with Gasteiger partial charge in [-0.15, -0.1) is 0 Å². The van der Waals surface area contributed by atoms with Crippen molar-refractivity contribution in [1.29, 1.82) is 0 Å². The Bertz CT molecular complexity index is 289. The molecule has 4 heteroatoms. The van der Waals surface area contributed by atoms with Crippen LogP contribution >= 0.6 is 0 Å². The fourth-order valence-electron chi connectivity index (χ4n) is 3.36. The molecule has 2 rings (SSSR count). The van der Waals surface area contributed by atoms with Crippen molar-refractivity contribution in [1.82, 2.24) is 9.80 Å². The molecule has 0 radical (unpaired) electrons. The third kappa shape index (κ3) is 4.18.